The second kappa shape index (κ2) is 8.23. The minimum Gasteiger partial charge on any atom is -0.466 e. The lowest BCUT2D eigenvalue weighted by Crippen LogP contribution is -2.46. The number of hydrogen-bond donors (Lipinski definition) is 3. The van der Waals surface area contributed by atoms with Gasteiger partial charge in [-0.3, -0.25) is 0 Å². The number of carbonyl (C=O) groups is 2. The molecule has 154 valence electrons. The molecule has 3 aromatic rings. The first kappa shape index (κ1) is 20.0. The van der Waals surface area contributed by atoms with Crippen LogP contribution in [0.1, 0.15) is 22.7 Å². The van der Waals surface area contributed by atoms with Crippen LogP contribution in [0, 0.1) is 13.8 Å². The van der Waals surface area contributed by atoms with E-state index in [4.69, 9.17) is 4.74 Å². The van der Waals surface area contributed by atoms with E-state index in [2.05, 4.69) is 20.6 Å². The normalized spacial score (nSPS) is 16.4. The highest BCUT2D eigenvalue weighted by atomic mass is 32.2. The van der Waals surface area contributed by atoms with Gasteiger partial charge in [0.2, 0.25) is 0 Å². The van der Waals surface area contributed by atoms with Crippen LogP contribution in [0.15, 0.2) is 58.9 Å². The number of amides is 2. The average Bonchev–Trinajstić information content (AvgIpc) is 3.16. The summed E-state index contributed by atoms with van der Waals surface area (Å²) in [5.74, 6) is -0.118. The van der Waals surface area contributed by atoms with Gasteiger partial charge in [0.15, 0.2) is 5.16 Å². The van der Waals surface area contributed by atoms with E-state index in [-0.39, 0.29) is 6.03 Å². The lowest BCUT2D eigenvalue weighted by Gasteiger charge is -2.30. The zero-order valence-corrected chi connectivity index (χ0v) is 17.7. The fraction of sp³-hybridized carbons (Fsp3) is 0.227. The van der Waals surface area contributed by atoms with E-state index in [1.165, 1.54) is 18.9 Å². The number of aromatic amines is 1. The van der Waals surface area contributed by atoms with Crippen molar-refractivity contribution in [1.82, 2.24) is 20.6 Å². The van der Waals surface area contributed by atoms with Crippen molar-refractivity contribution in [2.24, 2.45) is 0 Å². The van der Waals surface area contributed by atoms with E-state index in [9.17, 15) is 9.59 Å². The fourth-order valence-electron chi connectivity index (χ4n) is 3.53. The number of hydrogen-bond acceptors (Lipinski definition) is 5. The Labute approximate surface area is 178 Å². The van der Waals surface area contributed by atoms with E-state index < -0.39 is 12.0 Å². The van der Waals surface area contributed by atoms with Gasteiger partial charge in [-0.2, -0.15) is 0 Å². The van der Waals surface area contributed by atoms with Gasteiger partial charge in [-0.1, -0.05) is 47.7 Å². The summed E-state index contributed by atoms with van der Waals surface area (Å²) in [6.45, 7) is 3.94. The fourth-order valence-corrected chi connectivity index (χ4v) is 4.38. The number of aromatic nitrogens is 2. The van der Waals surface area contributed by atoms with Gasteiger partial charge in [-0.15, -0.1) is 0 Å². The molecule has 30 heavy (non-hydrogen) atoms. The number of ether oxygens (including phenoxy) is 1. The summed E-state index contributed by atoms with van der Waals surface area (Å²) in [4.78, 5) is 32.9. The first-order valence-corrected chi connectivity index (χ1v) is 10.5. The smallest absolute Gasteiger partial charge is 0.338 e. The predicted octanol–water partition coefficient (Wildman–Crippen LogP) is 3.75. The van der Waals surface area contributed by atoms with Crippen LogP contribution in [-0.4, -0.2) is 34.8 Å². The Hall–Kier alpha value is -3.26. The van der Waals surface area contributed by atoms with Crippen LogP contribution >= 0.6 is 11.8 Å². The van der Waals surface area contributed by atoms with Gasteiger partial charge in [0.25, 0.3) is 0 Å². The van der Waals surface area contributed by atoms with Crippen LogP contribution in [0.2, 0.25) is 0 Å². The van der Waals surface area contributed by atoms with Crippen molar-refractivity contribution in [2.45, 2.75) is 25.0 Å². The Kier molecular flexibility index (Phi) is 5.50. The number of aryl methyl sites for hydroxylation is 2. The molecule has 0 radical (unpaired) electrons. The third kappa shape index (κ3) is 3.91. The van der Waals surface area contributed by atoms with Crippen LogP contribution in [0.4, 0.5) is 4.79 Å². The van der Waals surface area contributed by atoms with Gasteiger partial charge in [-0.25, -0.2) is 14.6 Å². The molecule has 0 saturated heterocycles. The van der Waals surface area contributed by atoms with E-state index in [1.54, 1.807) is 0 Å². The number of urea groups is 1. The molecule has 3 N–H and O–H groups in total. The first-order chi connectivity index (χ1) is 14.5. The van der Waals surface area contributed by atoms with Crippen molar-refractivity contribution < 1.29 is 14.3 Å². The molecule has 2 amide bonds. The van der Waals surface area contributed by atoms with Crippen LogP contribution in [0.5, 0.6) is 0 Å². The molecule has 2 heterocycles. The number of carbonyl (C=O) groups excluding carboxylic acids is 2. The van der Waals surface area contributed by atoms with Gasteiger partial charge in [0, 0.05) is 11.4 Å². The molecule has 1 aromatic heterocycles. The summed E-state index contributed by atoms with van der Waals surface area (Å²) in [6.07, 6.45) is 0. The average molecular weight is 423 g/mol. The Bertz CT molecular complexity index is 1140. The summed E-state index contributed by atoms with van der Waals surface area (Å²) < 4.78 is 5.06. The third-order valence-electron chi connectivity index (χ3n) is 5.03. The highest BCUT2D eigenvalue weighted by Crippen LogP contribution is 2.32. The second-order valence-corrected chi connectivity index (χ2v) is 8.09. The van der Waals surface area contributed by atoms with E-state index in [1.807, 2.05) is 56.3 Å². The zero-order valence-electron chi connectivity index (χ0n) is 16.9. The molecule has 8 heteroatoms. The standard InChI is InChI=1S/C22H22N4O3S/c1-12-8-9-13(2)14(10-12)19-18(20(27)29-3)17(23-21(28)26-19)11-30-22-24-15-6-4-5-7-16(15)25-22/h4-10,19H,11H2,1-3H3,(H,24,25)(H2,23,26,28). The molecule has 1 unspecified atom stereocenters. The van der Waals surface area contributed by atoms with Crippen LogP contribution in [0.3, 0.4) is 0 Å². The summed E-state index contributed by atoms with van der Waals surface area (Å²) in [5, 5.41) is 6.37. The monoisotopic (exact) mass is 422 g/mol. The molecule has 0 spiro atoms. The number of H-pyrrole nitrogens is 1. The van der Waals surface area contributed by atoms with Crippen molar-refractivity contribution in [3.05, 3.63) is 70.4 Å². The maximum atomic E-state index is 12.7. The molecule has 0 fully saturated rings. The van der Waals surface area contributed by atoms with Gasteiger partial charge >= 0.3 is 12.0 Å². The molecule has 7 nitrogen and oxygen atoms in total. The SMILES string of the molecule is COC(=O)C1=C(CSc2nc3ccccc3[nH]2)NC(=O)NC1c1cc(C)ccc1C. The maximum absolute atomic E-state index is 12.7. The molecule has 0 bridgehead atoms. The molecule has 1 aliphatic rings. The summed E-state index contributed by atoms with van der Waals surface area (Å²) in [6, 6.07) is 12.8. The predicted molar refractivity (Wildman–Crippen MR) is 116 cm³/mol. The van der Waals surface area contributed by atoms with Crippen LogP contribution in [0.25, 0.3) is 11.0 Å². The van der Waals surface area contributed by atoms with Crippen molar-refractivity contribution in [2.75, 3.05) is 12.9 Å². The largest absolute Gasteiger partial charge is 0.466 e. The molecule has 0 aliphatic carbocycles. The summed E-state index contributed by atoms with van der Waals surface area (Å²) >= 11 is 1.42. The summed E-state index contributed by atoms with van der Waals surface area (Å²) in [7, 11) is 1.34. The van der Waals surface area contributed by atoms with Crippen molar-refractivity contribution >= 4 is 34.8 Å². The number of imidazole rings is 1. The second-order valence-electron chi connectivity index (χ2n) is 7.12. The molecule has 0 saturated carbocycles. The van der Waals surface area contributed by atoms with Crippen LogP contribution in [-0.2, 0) is 9.53 Å². The van der Waals surface area contributed by atoms with Gasteiger partial charge in [-0.05, 0) is 37.1 Å². The molecule has 4 rings (SSSR count). The highest BCUT2D eigenvalue weighted by molar-refractivity contribution is 7.99. The number of benzene rings is 2. The van der Waals surface area contributed by atoms with E-state index in [0.717, 1.165) is 27.7 Å². The number of thioether (sulfide) groups is 1. The zero-order chi connectivity index (χ0) is 21.3. The molecule has 1 atom stereocenters. The Balaban J connectivity index is 1.71. The lowest BCUT2D eigenvalue weighted by molar-refractivity contribution is -0.136. The van der Waals surface area contributed by atoms with Crippen LogP contribution < -0.4 is 10.6 Å². The molecule has 2 aromatic carbocycles. The summed E-state index contributed by atoms with van der Waals surface area (Å²) in [5.41, 5.74) is 5.62. The number of esters is 1. The minimum atomic E-state index is -0.586. The van der Waals surface area contributed by atoms with Gasteiger partial charge in [0.1, 0.15) is 0 Å². The lowest BCUT2D eigenvalue weighted by atomic mass is 9.91. The minimum absolute atomic E-state index is 0.353. The molecular formula is C22H22N4O3S. The van der Waals surface area contributed by atoms with E-state index >= 15 is 0 Å². The molecule has 1 aliphatic heterocycles. The topological polar surface area (TPSA) is 96.1 Å². The highest BCUT2D eigenvalue weighted by Gasteiger charge is 2.34. The first-order valence-electron chi connectivity index (χ1n) is 9.50. The number of nitrogens with zero attached hydrogens (tertiary/aromatic N) is 1. The van der Waals surface area contributed by atoms with Gasteiger partial charge < -0.3 is 20.4 Å². The van der Waals surface area contributed by atoms with Crippen molar-refractivity contribution in [3.8, 4) is 0 Å². The third-order valence-corrected chi connectivity index (χ3v) is 5.93. The van der Waals surface area contributed by atoms with Crippen molar-refractivity contribution in [3.63, 3.8) is 0 Å². The van der Waals surface area contributed by atoms with Crippen molar-refractivity contribution in [1.29, 1.82) is 0 Å². The number of para-hydroxylation sites is 2. The number of rotatable bonds is 5. The Morgan fingerprint density at radius 2 is 2.00 bits per heavy atom. The Morgan fingerprint density at radius 1 is 1.20 bits per heavy atom. The number of nitrogens with one attached hydrogen (secondary N) is 3. The van der Waals surface area contributed by atoms with Gasteiger partial charge in [0.05, 0.1) is 29.8 Å². The number of fused-ring (bicyclic) bond motifs is 1. The Morgan fingerprint density at radius 3 is 2.77 bits per heavy atom. The number of methoxy groups -OCH3 is 1. The quantitative estimate of drug-likeness (QED) is 0.430. The van der Waals surface area contributed by atoms with E-state index in [0.29, 0.717) is 22.2 Å². The molecular weight excluding hydrogens is 400 g/mol. The maximum Gasteiger partial charge on any atom is 0.338 e.